The topological polar surface area (TPSA) is 70.7 Å². The molecule has 2 aromatic heterocycles. The summed E-state index contributed by atoms with van der Waals surface area (Å²) >= 11 is 1.61. The fourth-order valence-electron chi connectivity index (χ4n) is 2.67. The van der Waals surface area contributed by atoms with Gasteiger partial charge in [-0.15, -0.1) is 16.9 Å². The summed E-state index contributed by atoms with van der Waals surface area (Å²) in [6.07, 6.45) is 2.86. The van der Waals surface area contributed by atoms with Crippen molar-refractivity contribution in [2.45, 2.75) is 17.5 Å². The van der Waals surface area contributed by atoms with Crippen molar-refractivity contribution >= 4 is 29.2 Å². The first kappa shape index (κ1) is 19.1. The number of thioether (sulfide) groups is 1. The van der Waals surface area contributed by atoms with E-state index in [0.29, 0.717) is 31.0 Å². The third-order valence-electron chi connectivity index (χ3n) is 4.07. The minimum Gasteiger partial charge on any atom is -0.476 e. The third kappa shape index (κ3) is 4.54. The number of imidazole rings is 1. The molecule has 3 aromatic rings. The number of hydrogen-bond donors (Lipinski definition) is 1. The minimum atomic E-state index is -1.09. The largest absolute Gasteiger partial charge is 0.476 e. The summed E-state index contributed by atoms with van der Waals surface area (Å²) in [6.45, 7) is 0.895. The molecule has 0 spiro atoms. The van der Waals surface area contributed by atoms with Crippen LogP contribution in [0.25, 0.3) is 5.65 Å². The Bertz CT molecular complexity index is 933. The number of alkyl halides is 1. The van der Waals surface area contributed by atoms with Gasteiger partial charge in [0.15, 0.2) is 11.3 Å². The van der Waals surface area contributed by atoms with E-state index in [1.54, 1.807) is 40.9 Å². The average molecular weight is 392 g/mol. The van der Waals surface area contributed by atoms with Crippen LogP contribution in [0.1, 0.15) is 16.9 Å². The Kier molecular flexibility index (Phi) is 5.90. The van der Waals surface area contributed by atoms with Gasteiger partial charge in [0.05, 0.1) is 12.7 Å². The van der Waals surface area contributed by atoms with Gasteiger partial charge in [-0.05, 0) is 49.1 Å². The molecule has 0 aliphatic carbocycles. The molecule has 3 heterocycles. The van der Waals surface area contributed by atoms with Crippen LogP contribution in [-0.4, -0.2) is 51.2 Å². The molecular weight excluding hydrogens is 374 g/mol. The second-order valence-electron chi connectivity index (χ2n) is 5.90. The molecule has 1 aliphatic rings. The zero-order valence-electron chi connectivity index (χ0n) is 14.5. The van der Waals surface area contributed by atoms with Crippen LogP contribution >= 0.6 is 11.8 Å². The summed E-state index contributed by atoms with van der Waals surface area (Å²) < 4.78 is 26.6. The molecule has 9 heteroatoms. The zero-order chi connectivity index (χ0) is 19.4. The first-order valence-corrected chi connectivity index (χ1v) is 9.47. The maximum Gasteiger partial charge on any atom is 0.356 e. The zero-order valence-corrected chi connectivity index (χ0v) is 15.4. The summed E-state index contributed by atoms with van der Waals surface area (Å²) in [6, 6.07) is 9.87. The molecule has 0 bridgehead atoms. The van der Waals surface area contributed by atoms with Gasteiger partial charge in [0, 0.05) is 11.4 Å². The number of hydrogen-bond acceptors (Lipinski definition) is 5. The molecule has 6 nitrogen and oxygen atoms in total. The molecule has 142 valence electrons. The lowest BCUT2D eigenvalue weighted by Crippen LogP contribution is -2.22. The monoisotopic (exact) mass is 392 g/mol. The third-order valence-corrected chi connectivity index (χ3v) is 4.81. The summed E-state index contributed by atoms with van der Waals surface area (Å²) in [5.41, 5.74) is 0.468. The molecule has 0 radical (unpaired) electrons. The number of fused-ring (bicyclic) bond motifs is 1. The molecule has 0 saturated carbocycles. The van der Waals surface area contributed by atoms with E-state index in [0.717, 1.165) is 4.90 Å². The van der Waals surface area contributed by atoms with E-state index in [9.17, 15) is 13.6 Å². The Morgan fingerprint density at radius 1 is 1.26 bits per heavy atom. The molecule has 4 rings (SSSR count). The number of carboxylic acids is 1. The number of halogens is 2. The Labute approximate surface area is 158 Å². The van der Waals surface area contributed by atoms with Gasteiger partial charge in [-0.2, -0.15) is 0 Å². The van der Waals surface area contributed by atoms with Crippen molar-refractivity contribution < 1.29 is 18.7 Å². The van der Waals surface area contributed by atoms with Crippen LogP contribution in [0.15, 0.2) is 47.5 Å². The SMILES string of the molecule is CSc1ccc(F)cc1.O=C(O)c1cnc2ccc(N3CCC(F)C3)nn12. The van der Waals surface area contributed by atoms with Crippen LogP contribution in [-0.2, 0) is 0 Å². The standard InChI is InChI=1S/C11H11FN4O2.C7H7FS/c12-7-3-4-15(6-7)10-2-1-9-13-5-8(11(17)18)16(9)14-10;1-9-7-4-2-6(8)3-5-7/h1-2,5,7H,3-4,6H2,(H,17,18);2-5H,1H3. The molecule has 1 aromatic carbocycles. The molecule has 27 heavy (non-hydrogen) atoms. The van der Waals surface area contributed by atoms with Crippen molar-refractivity contribution in [2.24, 2.45) is 0 Å². The van der Waals surface area contributed by atoms with Gasteiger partial charge in [0.1, 0.15) is 17.8 Å². The second kappa shape index (κ2) is 8.34. The van der Waals surface area contributed by atoms with Crippen molar-refractivity contribution in [2.75, 3.05) is 24.2 Å². The molecule has 0 amide bonds. The first-order valence-electron chi connectivity index (χ1n) is 8.24. The number of aromatic carboxylic acids is 1. The number of anilines is 1. The molecule has 1 unspecified atom stereocenters. The Morgan fingerprint density at radius 3 is 2.59 bits per heavy atom. The van der Waals surface area contributed by atoms with Crippen LogP contribution < -0.4 is 4.90 Å². The fourth-order valence-corrected chi connectivity index (χ4v) is 3.08. The average Bonchev–Trinajstić information content (AvgIpc) is 3.28. The van der Waals surface area contributed by atoms with Crippen molar-refractivity contribution in [1.82, 2.24) is 14.6 Å². The lowest BCUT2D eigenvalue weighted by Gasteiger charge is -2.15. The van der Waals surface area contributed by atoms with Gasteiger partial charge in [-0.1, -0.05) is 0 Å². The highest BCUT2D eigenvalue weighted by molar-refractivity contribution is 7.98. The van der Waals surface area contributed by atoms with Crippen LogP contribution in [0, 0.1) is 5.82 Å². The Morgan fingerprint density at radius 2 is 2.00 bits per heavy atom. The molecule has 1 atom stereocenters. The molecular formula is C18H18F2N4O2S. The molecule has 1 aliphatic heterocycles. The highest BCUT2D eigenvalue weighted by Gasteiger charge is 2.23. The van der Waals surface area contributed by atoms with Gasteiger partial charge in [-0.3, -0.25) is 0 Å². The summed E-state index contributed by atoms with van der Waals surface area (Å²) in [4.78, 5) is 17.8. The van der Waals surface area contributed by atoms with E-state index in [-0.39, 0.29) is 11.5 Å². The highest BCUT2D eigenvalue weighted by Crippen LogP contribution is 2.20. The molecule has 1 saturated heterocycles. The van der Waals surface area contributed by atoms with E-state index in [1.807, 2.05) is 6.26 Å². The van der Waals surface area contributed by atoms with Crippen LogP contribution in [0.3, 0.4) is 0 Å². The van der Waals surface area contributed by atoms with Gasteiger partial charge in [-0.25, -0.2) is 23.1 Å². The number of benzene rings is 1. The van der Waals surface area contributed by atoms with Crippen molar-refractivity contribution in [3.63, 3.8) is 0 Å². The fraction of sp³-hybridized carbons (Fsp3) is 0.278. The van der Waals surface area contributed by atoms with E-state index >= 15 is 0 Å². The second-order valence-corrected chi connectivity index (χ2v) is 6.78. The minimum absolute atomic E-state index is 0.00263. The predicted molar refractivity (Wildman–Crippen MR) is 99.9 cm³/mol. The van der Waals surface area contributed by atoms with Crippen LogP contribution in [0.2, 0.25) is 0 Å². The predicted octanol–water partition coefficient (Wildman–Crippen LogP) is 3.52. The first-order chi connectivity index (χ1) is 13.0. The normalized spacial score (nSPS) is 16.3. The van der Waals surface area contributed by atoms with E-state index in [2.05, 4.69) is 10.1 Å². The number of carbonyl (C=O) groups is 1. The lowest BCUT2D eigenvalue weighted by atomic mass is 10.3. The highest BCUT2D eigenvalue weighted by atomic mass is 32.2. The van der Waals surface area contributed by atoms with Gasteiger partial charge >= 0.3 is 5.97 Å². The van der Waals surface area contributed by atoms with Crippen molar-refractivity contribution in [1.29, 1.82) is 0 Å². The van der Waals surface area contributed by atoms with Crippen LogP contribution in [0.4, 0.5) is 14.6 Å². The summed E-state index contributed by atoms with van der Waals surface area (Å²) in [5, 5.41) is 13.2. The Hall–Kier alpha value is -2.68. The number of rotatable bonds is 3. The van der Waals surface area contributed by atoms with Crippen LogP contribution in [0.5, 0.6) is 0 Å². The van der Waals surface area contributed by atoms with E-state index in [4.69, 9.17) is 5.11 Å². The smallest absolute Gasteiger partial charge is 0.356 e. The quantitative estimate of drug-likeness (QED) is 0.688. The maximum absolute atomic E-state index is 13.1. The van der Waals surface area contributed by atoms with E-state index < -0.39 is 12.1 Å². The molecule has 1 fully saturated rings. The van der Waals surface area contributed by atoms with Crippen molar-refractivity contribution in [3.8, 4) is 0 Å². The summed E-state index contributed by atoms with van der Waals surface area (Å²) in [7, 11) is 0. The molecule has 1 N–H and O–H groups in total. The lowest BCUT2D eigenvalue weighted by molar-refractivity contribution is 0.0688. The Balaban J connectivity index is 0.000000197. The number of carboxylic acid groups (broad SMARTS) is 1. The number of aromatic nitrogens is 3. The maximum atomic E-state index is 13.1. The van der Waals surface area contributed by atoms with Crippen molar-refractivity contribution in [3.05, 3.63) is 54.1 Å². The summed E-state index contributed by atoms with van der Waals surface area (Å²) in [5.74, 6) is -0.687. The van der Waals surface area contributed by atoms with Gasteiger partial charge < -0.3 is 10.0 Å². The number of nitrogens with zero attached hydrogens (tertiary/aromatic N) is 4. The van der Waals surface area contributed by atoms with Gasteiger partial charge in [0.2, 0.25) is 0 Å². The van der Waals surface area contributed by atoms with Gasteiger partial charge in [0.25, 0.3) is 0 Å². The van der Waals surface area contributed by atoms with E-state index in [1.165, 1.54) is 22.8 Å².